The van der Waals surface area contributed by atoms with Gasteiger partial charge in [0.15, 0.2) is 6.61 Å². The Hall–Kier alpha value is -2.02. The molecule has 0 heterocycles. The smallest absolute Gasteiger partial charge is 0.407 e. The van der Waals surface area contributed by atoms with E-state index in [0.717, 1.165) is 31.7 Å². The number of nitrogens with one attached hydrogen (secondary N) is 2. The van der Waals surface area contributed by atoms with Crippen molar-refractivity contribution in [3.63, 3.8) is 0 Å². The molecule has 0 saturated heterocycles. The first kappa shape index (κ1) is 21.3. The van der Waals surface area contributed by atoms with E-state index in [0.29, 0.717) is 0 Å². The van der Waals surface area contributed by atoms with Gasteiger partial charge in [-0.2, -0.15) is 0 Å². The Morgan fingerprint density at radius 3 is 2.30 bits per heavy atom. The number of amides is 2. The number of rotatable bonds is 5. The van der Waals surface area contributed by atoms with Gasteiger partial charge in [-0.1, -0.05) is 11.6 Å². The number of benzene rings is 1. The Bertz CT molecular complexity index is 670. The van der Waals surface area contributed by atoms with E-state index in [2.05, 4.69) is 10.6 Å². The molecule has 0 bridgehead atoms. The van der Waals surface area contributed by atoms with Crippen LogP contribution < -0.4 is 15.4 Å². The summed E-state index contributed by atoms with van der Waals surface area (Å²) in [4.78, 5) is 23.8. The predicted molar refractivity (Wildman–Crippen MR) is 100 cm³/mol. The minimum absolute atomic E-state index is 0.00329. The van der Waals surface area contributed by atoms with E-state index in [1.807, 2.05) is 20.8 Å². The molecule has 150 valence electrons. The Morgan fingerprint density at radius 1 is 1.15 bits per heavy atom. The predicted octanol–water partition coefficient (Wildman–Crippen LogP) is 3.81. The number of alkyl carbamates (subject to hydrolysis) is 1. The van der Waals surface area contributed by atoms with Gasteiger partial charge in [0.25, 0.3) is 5.91 Å². The number of carbonyl (C=O) groups is 2. The van der Waals surface area contributed by atoms with Gasteiger partial charge in [-0.15, -0.1) is 0 Å². The van der Waals surface area contributed by atoms with Crippen molar-refractivity contribution in [2.45, 2.75) is 64.1 Å². The number of hydrogen-bond acceptors (Lipinski definition) is 4. The maximum atomic E-state index is 13.3. The van der Waals surface area contributed by atoms with Crippen LogP contribution >= 0.6 is 11.6 Å². The zero-order valence-electron chi connectivity index (χ0n) is 15.8. The van der Waals surface area contributed by atoms with Crippen molar-refractivity contribution in [3.8, 4) is 5.75 Å². The number of hydrogen-bond donors (Lipinski definition) is 2. The van der Waals surface area contributed by atoms with Crippen LogP contribution in [-0.4, -0.2) is 36.3 Å². The normalized spacial score (nSPS) is 19.9. The largest absolute Gasteiger partial charge is 0.484 e. The van der Waals surface area contributed by atoms with E-state index in [-0.39, 0.29) is 35.4 Å². The van der Waals surface area contributed by atoms with E-state index in [1.54, 1.807) is 0 Å². The third-order valence-corrected chi connectivity index (χ3v) is 4.38. The Morgan fingerprint density at radius 2 is 1.74 bits per heavy atom. The Kier molecular flexibility index (Phi) is 7.30. The molecule has 6 nitrogen and oxygen atoms in total. The summed E-state index contributed by atoms with van der Waals surface area (Å²) in [6.45, 7) is 5.26. The first-order chi connectivity index (χ1) is 12.6. The van der Waals surface area contributed by atoms with Crippen molar-refractivity contribution in [3.05, 3.63) is 29.0 Å². The summed E-state index contributed by atoms with van der Waals surface area (Å²) in [5.74, 6) is -0.614. The van der Waals surface area contributed by atoms with Gasteiger partial charge in [0.2, 0.25) is 0 Å². The van der Waals surface area contributed by atoms with Gasteiger partial charge in [-0.05, 0) is 58.6 Å². The highest BCUT2D eigenvalue weighted by Crippen LogP contribution is 2.21. The minimum atomic E-state index is -0.592. The van der Waals surface area contributed by atoms with Crippen molar-refractivity contribution in [1.82, 2.24) is 10.6 Å². The molecular formula is C19H26ClFN2O4. The van der Waals surface area contributed by atoms with Crippen LogP contribution in [0.4, 0.5) is 9.18 Å². The van der Waals surface area contributed by atoms with Crippen molar-refractivity contribution in [1.29, 1.82) is 0 Å². The maximum absolute atomic E-state index is 13.3. The molecule has 1 aromatic carbocycles. The minimum Gasteiger partial charge on any atom is -0.484 e. The monoisotopic (exact) mass is 400 g/mol. The average Bonchev–Trinajstić information content (AvgIpc) is 2.56. The Balaban J connectivity index is 1.68. The summed E-state index contributed by atoms with van der Waals surface area (Å²) < 4.78 is 23.9. The topological polar surface area (TPSA) is 76.7 Å². The molecular weight excluding hydrogens is 375 g/mol. The fourth-order valence-electron chi connectivity index (χ4n) is 2.84. The van der Waals surface area contributed by atoms with Crippen molar-refractivity contribution in [2.24, 2.45) is 0 Å². The van der Waals surface area contributed by atoms with Gasteiger partial charge in [0.05, 0.1) is 5.02 Å². The molecule has 2 amide bonds. The van der Waals surface area contributed by atoms with Crippen molar-refractivity contribution >= 4 is 23.6 Å². The van der Waals surface area contributed by atoms with Crippen LogP contribution in [0, 0.1) is 5.82 Å². The molecule has 1 aromatic rings. The second-order valence-electron chi connectivity index (χ2n) is 7.63. The molecule has 0 spiro atoms. The first-order valence-electron chi connectivity index (χ1n) is 8.99. The lowest BCUT2D eigenvalue weighted by Crippen LogP contribution is -2.45. The lowest BCUT2D eigenvalue weighted by atomic mass is 9.91. The van der Waals surface area contributed by atoms with Gasteiger partial charge in [-0.3, -0.25) is 4.79 Å². The molecule has 27 heavy (non-hydrogen) atoms. The van der Waals surface area contributed by atoms with Crippen LogP contribution in [0.15, 0.2) is 18.2 Å². The van der Waals surface area contributed by atoms with Crippen LogP contribution in [-0.2, 0) is 9.53 Å². The quantitative estimate of drug-likeness (QED) is 0.787. The highest BCUT2D eigenvalue weighted by Gasteiger charge is 2.25. The molecule has 2 rings (SSSR count). The molecule has 0 aromatic heterocycles. The van der Waals surface area contributed by atoms with Crippen LogP contribution in [0.3, 0.4) is 0 Å². The summed E-state index contributed by atoms with van der Waals surface area (Å²) in [5, 5.41) is 5.76. The van der Waals surface area contributed by atoms with Crippen molar-refractivity contribution in [2.75, 3.05) is 6.61 Å². The summed E-state index contributed by atoms with van der Waals surface area (Å²) in [6.07, 6.45) is 2.60. The molecule has 0 radical (unpaired) electrons. The fourth-order valence-corrected chi connectivity index (χ4v) is 2.96. The molecule has 8 heteroatoms. The molecule has 1 saturated carbocycles. The van der Waals surface area contributed by atoms with E-state index in [9.17, 15) is 14.0 Å². The van der Waals surface area contributed by atoms with Crippen LogP contribution in [0.5, 0.6) is 5.75 Å². The molecule has 1 aliphatic carbocycles. The van der Waals surface area contributed by atoms with Crippen LogP contribution in [0.25, 0.3) is 0 Å². The van der Waals surface area contributed by atoms with Gasteiger partial charge in [-0.25, -0.2) is 9.18 Å². The molecule has 1 fully saturated rings. The fraction of sp³-hybridized carbons (Fsp3) is 0.579. The molecule has 0 unspecified atom stereocenters. The van der Waals surface area contributed by atoms with Gasteiger partial charge in [0.1, 0.15) is 17.2 Å². The number of ether oxygens (including phenoxy) is 2. The first-order valence-corrected chi connectivity index (χ1v) is 9.37. The summed E-state index contributed by atoms with van der Waals surface area (Å²) in [6, 6.07) is 4.10. The zero-order chi connectivity index (χ0) is 20.0. The van der Waals surface area contributed by atoms with E-state index in [4.69, 9.17) is 21.1 Å². The second kappa shape index (κ2) is 9.26. The lowest BCUT2D eigenvalue weighted by molar-refractivity contribution is -0.124. The Labute approximate surface area is 163 Å². The average molecular weight is 401 g/mol. The van der Waals surface area contributed by atoms with Crippen LogP contribution in [0.1, 0.15) is 46.5 Å². The SMILES string of the molecule is CC(C)(C)OC(=O)NC1CCC(NC(=O)COc2ccc(Cl)c(F)c2)CC1. The van der Waals surface area contributed by atoms with E-state index >= 15 is 0 Å². The number of halogens is 2. The van der Waals surface area contributed by atoms with Gasteiger partial charge >= 0.3 is 6.09 Å². The molecule has 2 N–H and O–H groups in total. The lowest BCUT2D eigenvalue weighted by Gasteiger charge is -2.30. The number of carbonyl (C=O) groups excluding carboxylic acids is 2. The summed E-state index contributed by atoms with van der Waals surface area (Å²) >= 11 is 5.60. The van der Waals surface area contributed by atoms with Crippen LogP contribution in [0.2, 0.25) is 5.02 Å². The highest BCUT2D eigenvalue weighted by atomic mass is 35.5. The van der Waals surface area contributed by atoms with Crippen molar-refractivity contribution < 1.29 is 23.5 Å². The van der Waals surface area contributed by atoms with Gasteiger partial charge < -0.3 is 20.1 Å². The third-order valence-electron chi connectivity index (χ3n) is 4.07. The zero-order valence-corrected chi connectivity index (χ0v) is 16.6. The molecule has 1 aliphatic rings. The second-order valence-corrected chi connectivity index (χ2v) is 8.03. The van der Waals surface area contributed by atoms with E-state index < -0.39 is 17.5 Å². The standard InChI is InChI=1S/C19H26ClFN2O4/c1-19(2,3)27-18(25)23-13-6-4-12(5-7-13)22-17(24)11-26-14-8-9-15(20)16(21)10-14/h8-10,12-13H,4-7,11H2,1-3H3,(H,22,24)(H,23,25). The summed E-state index contributed by atoms with van der Waals surface area (Å²) in [5.41, 5.74) is -0.526. The van der Waals surface area contributed by atoms with E-state index in [1.165, 1.54) is 12.1 Å². The summed E-state index contributed by atoms with van der Waals surface area (Å²) in [7, 11) is 0. The van der Waals surface area contributed by atoms with Gasteiger partial charge in [0, 0.05) is 18.2 Å². The molecule has 0 aliphatic heterocycles. The maximum Gasteiger partial charge on any atom is 0.407 e. The molecule has 0 atom stereocenters. The highest BCUT2D eigenvalue weighted by molar-refractivity contribution is 6.30. The third kappa shape index (κ3) is 7.62.